The smallest absolute Gasteiger partial charge is 0.130 e. The van der Waals surface area contributed by atoms with Gasteiger partial charge in [0.2, 0.25) is 0 Å². The van der Waals surface area contributed by atoms with Gasteiger partial charge in [-0.3, -0.25) is 0 Å². The van der Waals surface area contributed by atoms with Gasteiger partial charge in [-0.05, 0) is 31.5 Å². The van der Waals surface area contributed by atoms with E-state index in [0.717, 1.165) is 21.9 Å². The van der Waals surface area contributed by atoms with Crippen LogP contribution in [0.1, 0.15) is 31.1 Å². The first-order valence-electron chi connectivity index (χ1n) is 7.11. The van der Waals surface area contributed by atoms with E-state index in [1.807, 2.05) is 26.0 Å². The molecule has 0 aromatic heterocycles. The summed E-state index contributed by atoms with van der Waals surface area (Å²) in [5.41, 5.74) is 1.99. The van der Waals surface area contributed by atoms with E-state index in [1.165, 1.54) is 0 Å². The lowest BCUT2D eigenvalue weighted by molar-refractivity contribution is -0.00518. The van der Waals surface area contributed by atoms with Gasteiger partial charge in [0.15, 0.2) is 0 Å². The van der Waals surface area contributed by atoms with Crippen molar-refractivity contribution in [3.63, 3.8) is 0 Å². The number of methoxy groups -OCH3 is 2. The topological polar surface area (TPSA) is 47.9 Å². The van der Waals surface area contributed by atoms with E-state index in [1.54, 1.807) is 14.2 Å². The van der Waals surface area contributed by atoms with Crippen LogP contribution in [0.2, 0.25) is 0 Å². The minimum absolute atomic E-state index is 0.0362. The SMILES string of the molecule is COc1cc(OC)c2cc3c(c(O)c2c1)C[C@H](C)O[C@H]3C. The molecule has 1 heterocycles. The molecular weight excluding hydrogens is 268 g/mol. The van der Waals surface area contributed by atoms with Crippen LogP contribution in [0.25, 0.3) is 10.8 Å². The first-order chi connectivity index (χ1) is 10.0. The molecule has 0 spiro atoms. The van der Waals surface area contributed by atoms with Gasteiger partial charge in [-0.2, -0.15) is 0 Å². The number of phenols is 1. The van der Waals surface area contributed by atoms with Crippen LogP contribution in [0, 0.1) is 0 Å². The van der Waals surface area contributed by atoms with Crippen molar-refractivity contribution in [1.82, 2.24) is 0 Å². The normalized spacial score (nSPS) is 21.1. The molecule has 4 heteroatoms. The Kier molecular flexibility index (Phi) is 3.41. The first-order valence-corrected chi connectivity index (χ1v) is 7.11. The first kappa shape index (κ1) is 14.0. The van der Waals surface area contributed by atoms with E-state index < -0.39 is 0 Å². The van der Waals surface area contributed by atoms with E-state index >= 15 is 0 Å². The summed E-state index contributed by atoms with van der Waals surface area (Å²) < 4.78 is 16.6. The lowest BCUT2D eigenvalue weighted by Gasteiger charge is -2.29. The molecule has 0 saturated heterocycles. The standard InChI is InChI=1S/C17H20O4/c1-9-5-14-12(10(2)21-9)8-13-15(17(14)18)6-11(19-3)7-16(13)20-4/h6-10,18H,5H2,1-4H3/t9-,10-/m0/s1. The van der Waals surface area contributed by atoms with Crippen LogP contribution in [-0.4, -0.2) is 25.4 Å². The van der Waals surface area contributed by atoms with E-state index in [4.69, 9.17) is 14.2 Å². The maximum Gasteiger partial charge on any atom is 0.130 e. The molecule has 1 N–H and O–H groups in total. The minimum atomic E-state index is -0.0362. The lowest BCUT2D eigenvalue weighted by Crippen LogP contribution is -2.22. The molecule has 0 fully saturated rings. The Morgan fingerprint density at radius 3 is 2.52 bits per heavy atom. The second-order valence-corrected chi connectivity index (χ2v) is 5.51. The summed E-state index contributed by atoms with van der Waals surface area (Å²) in [6, 6.07) is 5.72. The predicted molar refractivity (Wildman–Crippen MR) is 81.4 cm³/mol. The van der Waals surface area contributed by atoms with E-state index in [-0.39, 0.29) is 12.2 Å². The molecule has 2 atom stereocenters. The molecule has 1 aliphatic heterocycles. The highest BCUT2D eigenvalue weighted by molar-refractivity contribution is 5.96. The number of hydrogen-bond donors (Lipinski definition) is 1. The van der Waals surface area contributed by atoms with Crippen LogP contribution in [0.15, 0.2) is 18.2 Å². The molecule has 0 radical (unpaired) electrons. The number of rotatable bonds is 2. The Bertz CT molecular complexity index is 693. The summed E-state index contributed by atoms with van der Waals surface area (Å²) in [5, 5.41) is 12.3. The highest BCUT2D eigenvalue weighted by Gasteiger charge is 2.26. The minimum Gasteiger partial charge on any atom is -0.507 e. The largest absolute Gasteiger partial charge is 0.507 e. The number of aromatic hydroxyl groups is 1. The maximum atomic E-state index is 10.7. The summed E-state index contributed by atoms with van der Waals surface area (Å²) in [7, 11) is 3.22. The molecule has 0 aliphatic carbocycles. The van der Waals surface area contributed by atoms with E-state index in [0.29, 0.717) is 23.7 Å². The molecule has 0 saturated carbocycles. The molecule has 21 heavy (non-hydrogen) atoms. The molecule has 2 aromatic carbocycles. The Balaban J connectivity index is 2.33. The van der Waals surface area contributed by atoms with Gasteiger partial charge in [0.1, 0.15) is 17.2 Å². The van der Waals surface area contributed by atoms with Crippen molar-refractivity contribution < 1.29 is 19.3 Å². The fraction of sp³-hybridized carbons (Fsp3) is 0.412. The summed E-state index contributed by atoms with van der Waals surface area (Å²) in [6.45, 7) is 4.03. The molecular formula is C17H20O4. The summed E-state index contributed by atoms with van der Waals surface area (Å²) in [5.74, 6) is 1.66. The van der Waals surface area contributed by atoms with Crippen molar-refractivity contribution in [3.8, 4) is 17.2 Å². The monoisotopic (exact) mass is 288 g/mol. The second kappa shape index (κ2) is 5.11. The van der Waals surface area contributed by atoms with Gasteiger partial charge in [-0.25, -0.2) is 0 Å². The Hall–Kier alpha value is -1.94. The van der Waals surface area contributed by atoms with Gasteiger partial charge in [0.05, 0.1) is 26.4 Å². The molecule has 0 unspecified atom stereocenters. The van der Waals surface area contributed by atoms with E-state index in [9.17, 15) is 5.11 Å². The number of ether oxygens (including phenoxy) is 3. The molecule has 4 nitrogen and oxygen atoms in total. The predicted octanol–water partition coefficient (Wildman–Crippen LogP) is 3.58. The third kappa shape index (κ3) is 2.20. The van der Waals surface area contributed by atoms with E-state index in [2.05, 4.69) is 6.07 Å². The van der Waals surface area contributed by atoms with Gasteiger partial charge in [-0.15, -0.1) is 0 Å². The van der Waals surface area contributed by atoms with Crippen molar-refractivity contribution in [2.24, 2.45) is 0 Å². The zero-order valence-corrected chi connectivity index (χ0v) is 12.8. The van der Waals surface area contributed by atoms with Crippen molar-refractivity contribution >= 4 is 10.8 Å². The molecule has 3 rings (SSSR count). The van der Waals surface area contributed by atoms with Gasteiger partial charge in [0.25, 0.3) is 0 Å². The van der Waals surface area contributed by atoms with Crippen molar-refractivity contribution in [2.45, 2.75) is 32.5 Å². The Morgan fingerprint density at radius 1 is 1.10 bits per heavy atom. The molecule has 2 aromatic rings. The quantitative estimate of drug-likeness (QED) is 0.917. The van der Waals surface area contributed by atoms with Crippen LogP contribution < -0.4 is 9.47 Å². The highest BCUT2D eigenvalue weighted by atomic mass is 16.5. The van der Waals surface area contributed by atoms with Crippen LogP contribution in [-0.2, 0) is 11.2 Å². The van der Waals surface area contributed by atoms with Gasteiger partial charge >= 0.3 is 0 Å². The number of phenolic OH excluding ortho intramolecular Hbond substituents is 1. The van der Waals surface area contributed by atoms with Crippen LogP contribution in [0.4, 0.5) is 0 Å². The zero-order valence-electron chi connectivity index (χ0n) is 12.8. The Labute approximate surface area is 124 Å². The Morgan fingerprint density at radius 2 is 1.86 bits per heavy atom. The zero-order chi connectivity index (χ0) is 15.1. The van der Waals surface area contributed by atoms with Gasteiger partial charge < -0.3 is 19.3 Å². The van der Waals surface area contributed by atoms with Crippen molar-refractivity contribution in [2.75, 3.05) is 14.2 Å². The van der Waals surface area contributed by atoms with Gasteiger partial charge in [0, 0.05) is 28.8 Å². The summed E-state index contributed by atoms with van der Waals surface area (Å²) >= 11 is 0. The van der Waals surface area contributed by atoms with Crippen LogP contribution in [0.3, 0.4) is 0 Å². The number of benzene rings is 2. The van der Waals surface area contributed by atoms with Crippen molar-refractivity contribution in [1.29, 1.82) is 0 Å². The fourth-order valence-corrected chi connectivity index (χ4v) is 3.11. The second-order valence-electron chi connectivity index (χ2n) is 5.51. The molecule has 0 amide bonds. The third-order valence-electron chi connectivity index (χ3n) is 4.13. The third-order valence-corrected chi connectivity index (χ3v) is 4.13. The number of fused-ring (bicyclic) bond motifs is 2. The summed E-state index contributed by atoms with van der Waals surface area (Å²) in [6.07, 6.45) is 0.773. The molecule has 0 bridgehead atoms. The summed E-state index contributed by atoms with van der Waals surface area (Å²) in [4.78, 5) is 0. The average molecular weight is 288 g/mol. The molecule has 1 aliphatic rings. The molecule has 112 valence electrons. The van der Waals surface area contributed by atoms with Crippen molar-refractivity contribution in [3.05, 3.63) is 29.3 Å². The van der Waals surface area contributed by atoms with Crippen LogP contribution in [0.5, 0.6) is 17.2 Å². The fourth-order valence-electron chi connectivity index (χ4n) is 3.11. The number of hydrogen-bond acceptors (Lipinski definition) is 4. The van der Waals surface area contributed by atoms with Crippen LogP contribution >= 0.6 is 0 Å². The van der Waals surface area contributed by atoms with Gasteiger partial charge in [-0.1, -0.05) is 0 Å². The highest BCUT2D eigenvalue weighted by Crippen LogP contribution is 2.44. The maximum absolute atomic E-state index is 10.7. The lowest BCUT2D eigenvalue weighted by atomic mass is 9.90. The average Bonchev–Trinajstić information content (AvgIpc) is 2.47.